The minimum Gasteiger partial charge on any atom is -0.372 e. The maximum absolute atomic E-state index is 13.2. The smallest absolute Gasteiger partial charge is 0.257 e. The van der Waals surface area contributed by atoms with Crippen molar-refractivity contribution in [3.8, 4) is 0 Å². The normalized spacial score (nSPS) is 15.8. The lowest BCUT2D eigenvalue weighted by Gasteiger charge is -2.27. The fourth-order valence-corrected chi connectivity index (χ4v) is 2.07. The summed E-state index contributed by atoms with van der Waals surface area (Å²) in [6.45, 7) is 1.50. The molecule has 1 aliphatic heterocycles. The van der Waals surface area contributed by atoms with Crippen LogP contribution in [0.3, 0.4) is 0 Å². The van der Waals surface area contributed by atoms with Gasteiger partial charge in [0.25, 0.3) is 5.91 Å². The first kappa shape index (κ1) is 11.8. The third-order valence-corrected chi connectivity index (χ3v) is 2.96. The van der Waals surface area contributed by atoms with E-state index < -0.39 is 5.82 Å². The number of aromatic nitrogens is 1. The summed E-state index contributed by atoms with van der Waals surface area (Å²) in [5.74, 6) is -0.188. The maximum Gasteiger partial charge on any atom is 0.257 e. The average Bonchev–Trinajstić information content (AvgIpc) is 2.39. The molecule has 0 saturated carbocycles. The third-order valence-electron chi connectivity index (χ3n) is 2.96. The van der Waals surface area contributed by atoms with Crippen molar-refractivity contribution < 1.29 is 9.18 Å². The second-order valence-corrected chi connectivity index (χ2v) is 4.15. The molecule has 5 heteroatoms. The number of rotatable bonds is 2. The number of piperidine rings is 1. The summed E-state index contributed by atoms with van der Waals surface area (Å²) in [5, 5.41) is 2.82. The molecule has 4 nitrogen and oxygen atoms in total. The standard InChI is InChI=1S/C12H16FN3O/c1-14-11-10(7-9(13)8-15-11)12(17)16-5-3-2-4-6-16/h7-8H,2-6H2,1H3,(H,14,15). The van der Waals surface area contributed by atoms with Crippen molar-refractivity contribution in [2.75, 3.05) is 25.5 Å². The Kier molecular flexibility index (Phi) is 3.56. The monoisotopic (exact) mass is 237 g/mol. The quantitative estimate of drug-likeness (QED) is 0.854. The Balaban J connectivity index is 2.25. The summed E-state index contributed by atoms with van der Waals surface area (Å²) in [6, 6.07) is 1.25. The number of hydrogen-bond donors (Lipinski definition) is 1. The number of carbonyl (C=O) groups excluding carboxylic acids is 1. The van der Waals surface area contributed by atoms with Gasteiger partial charge in [-0.25, -0.2) is 9.37 Å². The van der Waals surface area contributed by atoms with Crippen LogP contribution in [-0.4, -0.2) is 35.9 Å². The molecule has 0 unspecified atom stereocenters. The first-order valence-corrected chi connectivity index (χ1v) is 5.85. The van der Waals surface area contributed by atoms with Crippen LogP contribution in [0.15, 0.2) is 12.3 Å². The Morgan fingerprint density at radius 1 is 1.41 bits per heavy atom. The van der Waals surface area contributed by atoms with Crippen LogP contribution >= 0.6 is 0 Å². The highest BCUT2D eigenvalue weighted by molar-refractivity contribution is 5.98. The van der Waals surface area contributed by atoms with Crippen molar-refractivity contribution in [1.82, 2.24) is 9.88 Å². The van der Waals surface area contributed by atoms with E-state index in [1.165, 1.54) is 6.07 Å². The summed E-state index contributed by atoms with van der Waals surface area (Å²) in [4.78, 5) is 17.9. The second-order valence-electron chi connectivity index (χ2n) is 4.15. The first-order valence-electron chi connectivity index (χ1n) is 5.85. The number of carbonyl (C=O) groups is 1. The number of nitrogens with one attached hydrogen (secondary N) is 1. The van der Waals surface area contributed by atoms with E-state index in [9.17, 15) is 9.18 Å². The molecule has 1 aromatic rings. The molecule has 0 atom stereocenters. The van der Waals surface area contributed by atoms with Crippen LogP contribution in [0.4, 0.5) is 10.2 Å². The first-order chi connectivity index (χ1) is 8.22. The molecular weight excluding hydrogens is 221 g/mol. The molecule has 0 aliphatic carbocycles. The largest absolute Gasteiger partial charge is 0.372 e. The van der Waals surface area contributed by atoms with E-state index in [1.54, 1.807) is 11.9 Å². The summed E-state index contributed by atoms with van der Waals surface area (Å²) < 4.78 is 13.2. The molecule has 0 aromatic carbocycles. The van der Waals surface area contributed by atoms with E-state index in [0.717, 1.165) is 38.5 Å². The van der Waals surface area contributed by atoms with Crippen molar-refractivity contribution in [3.05, 3.63) is 23.6 Å². The van der Waals surface area contributed by atoms with E-state index in [1.807, 2.05) is 0 Å². The maximum atomic E-state index is 13.2. The number of likely N-dealkylation sites (tertiary alicyclic amines) is 1. The average molecular weight is 237 g/mol. The lowest BCUT2D eigenvalue weighted by molar-refractivity contribution is 0.0724. The topological polar surface area (TPSA) is 45.2 Å². The van der Waals surface area contributed by atoms with Crippen LogP contribution < -0.4 is 5.32 Å². The predicted molar refractivity (Wildman–Crippen MR) is 63.5 cm³/mol. The molecule has 92 valence electrons. The van der Waals surface area contributed by atoms with Gasteiger partial charge in [-0.15, -0.1) is 0 Å². The van der Waals surface area contributed by atoms with Crippen molar-refractivity contribution in [2.45, 2.75) is 19.3 Å². The molecule has 17 heavy (non-hydrogen) atoms. The number of halogens is 1. The summed E-state index contributed by atoms with van der Waals surface area (Å²) in [5.41, 5.74) is 0.314. The fraction of sp³-hybridized carbons (Fsp3) is 0.500. The van der Waals surface area contributed by atoms with Gasteiger partial charge in [0.05, 0.1) is 11.8 Å². The minimum absolute atomic E-state index is 0.138. The van der Waals surface area contributed by atoms with E-state index in [-0.39, 0.29) is 5.91 Å². The predicted octanol–water partition coefficient (Wildman–Crippen LogP) is 1.89. The van der Waals surface area contributed by atoms with Crippen LogP contribution in [0.2, 0.25) is 0 Å². The van der Waals surface area contributed by atoms with Gasteiger partial charge in [-0.3, -0.25) is 4.79 Å². The van der Waals surface area contributed by atoms with Crippen LogP contribution in [0.5, 0.6) is 0 Å². The van der Waals surface area contributed by atoms with E-state index in [2.05, 4.69) is 10.3 Å². The van der Waals surface area contributed by atoms with E-state index >= 15 is 0 Å². The van der Waals surface area contributed by atoms with Crippen LogP contribution in [0.1, 0.15) is 29.6 Å². The number of hydrogen-bond acceptors (Lipinski definition) is 3. The zero-order valence-electron chi connectivity index (χ0n) is 9.87. The van der Waals surface area contributed by atoms with Crippen molar-refractivity contribution in [2.24, 2.45) is 0 Å². The zero-order valence-corrected chi connectivity index (χ0v) is 9.87. The van der Waals surface area contributed by atoms with Gasteiger partial charge < -0.3 is 10.2 Å². The minimum atomic E-state index is -0.482. The lowest BCUT2D eigenvalue weighted by atomic mass is 10.1. The highest BCUT2D eigenvalue weighted by Crippen LogP contribution is 2.18. The van der Waals surface area contributed by atoms with Gasteiger partial charge in [0.2, 0.25) is 0 Å². The van der Waals surface area contributed by atoms with Crippen molar-refractivity contribution >= 4 is 11.7 Å². The molecule has 1 N–H and O–H groups in total. The molecule has 1 fully saturated rings. The summed E-state index contributed by atoms with van der Waals surface area (Å²) >= 11 is 0. The van der Waals surface area contributed by atoms with Crippen molar-refractivity contribution in [3.63, 3.8) is 0 Å². The molecule has 2 heterocycles. The SMILES string of the molecule is CNc1ncc(F)cc1C(=O)N1CCCCC1. The number of amides is 1. The number of nitrogens with zero attached hydrogens (tertiary/aromatic N) is 2. The fourth-order valence-electron chi connectivity index (χ4n) is 2.07. The number of anilines is 1. The Hall–Kier alpha value is -1.65. The number of pyridine rings is 1. The molecule has 2 rings (SSSR count). The molecule has 1 saturated heterocycles. The second kappa shape index (κ2) is 5.12. The Bertz CT molecular complexity index is 416. The van der Waals surface area contributed by atoms with Crippen molar-refractivity contribution in [1.29, 1.82) is 0 Å². The molecule has 0 bridgehead atoms. The lowest BCUT2D eigenvalue weighted by Crippen LogP contribution is -2.36. The van der Waals surface area contributed by atoms with Crippen LogP contribution in [0.25, 0.3) is 0 Å². The van der Waals surface area contributed by atoms with E-state index in [4.69, 9.17) is 0 Å². The Labute approximate surface area is 99.8 Å². The highest BCUT2D eigenvalue weighted by Gasteiger charge is 2.21. The molecular formula is C12H16FN3O. The van der Waals surface area contributed by atoms with Gasteiger partial charge in [0.15, 0.2) is 0 Å². The Morgan fingerprint density at radius 3 is 2.76 bits per heavy atom. The molecule has 0 radical (unpaired) electrons. The Morgan fingerprint density at radius 2 is 2.12 bits per heavy atom. The zero-order chi connectivity index (χ0) is 12.3. The van der Waals surface area contributed by atoms with Gasteiger partial charge in [0, 0.05) is 20.1 Å². The molecule has 0 spiro atoms. The molecule has 1 aliphatic rings. The van der Waals surface area contributed by atoms with Gasteiger partial charge in [-0.1, -0.05) is 0 Å². The highest BCUT2D eigenvalue weighted by atomic mass is 19.1. The van der Waals surface area contributed by atoms with Gasteiger partial charge in [-0.05, 0) is 25.3 Å². The summed E-state index contributed by atoms with van der Waals surface area (Å²) in [7, 11) is 1.67. The van der Waals surface area contributed by atoms with E-state index in [0.29, 0.717) is 11.4 Å². The molecule has 1 aromatic heterocycles. The van der Waals surface area contributed by atoms with Gasteiger partial charge >= 0.3 is 0 Å². The van der Waals surface area contributed by atoms with Gasteiger partial charge in [-0.2, -0.15) is 0 Å². The van der Waals surface area contributed by atoms with Gasteiger partial charge in [0.1, 0.15) is 11.6 Å². The van der Waals surface area contributed by atoms with Crippen LogP contribution in [-0.2, 0) is 0 Å². The van der Waals surface area contributed by atoms with Crippen LogP contribution in [0, 0.1) is 5.82 Å². The molecule has 1 amide bonds. The summed E-state index contributed by atoms with van der Waals surface area (Å²) in [6.07, 6.45) is 4.30. The third kappa shape index (κ3) is 2.54.